The largest absolute Gasteiger partial charge is 0.353 e. The minimum atomic E-state index is 0.768. The van der Waals surface area contributed by atoms with Gasteiger partial charge in [-0.2, -0.15) is 0 Å². The number of aromatic nitrogens is 1. The van der Waals surface area contributed by atoms with Crippen LogP contribution in [0, 0.1) is 0 Å². The van der Waals surface area contributed by atoms with E-state index in [2.05, 4.69) is 21.7 Å². The minimum Gasteiger partial charge on any atom is -0.353 e. The van der Waals surface area contributed by atoms with Crippen LogP contribution in [0.5, 0.6) is 0 Å². The zero-order chi connectivity index (χ0) is 13.1. The summed E-state index contributed by atoms with van der Waals surface area (Å²) in [5.41, 5.74) is 4.69. The van der Waals surface area contributed by atoms with Crippen LogP contribution in [-0.2, 0) is 12.8 Å². The van der Waals surface area contributed by atoms with Crippen molar-refractivity contribution < 1.29 is 0 Å². The number of benzene rings is 1. The number of nitrogens with one attached hydrogen (secondary N) is 2. The van der Waals surface area contributed by atoms with Gasteiger partial charge in [0.25, 0.3) is 0 Å². The second-order valence-corrected chi connectivity index (χ2v) is 5.08. The van der Waals surface area contributed by atoms with Gasteiger partial charge in [-0.25, -0.2) is 0 Å². The van der Waals surface area contributed by atoms with Gasteiger partial charge in [0, 0.05) is 6.20 Å². The van der Waals surface area contributed by atoms with E-state index in [0.717, 1.165) is 42.3 Å². The first-order valence-corrected chi connectivity index (χ1v) is 6.90. The Morgan fingerprint density at radius 3 is 2.89 bits per heavy atom. The zero-order valence-electron chi connectivity index (χ0n) is 10.6. The highest BCUT2D eigenvalue weighted by atomic mass is 35.5. The van der Waals surface area contributed by atoms with Crippen molar-refractivity contribution in [3.8, 4) is 0 Å². The van der Waals surface area contributed by atoms with E-state index >= 15 is 0 Å². The van der Waals surface area contributed by atoms with Crippen molar-refractivity contribution in [3.63, 3.8) is 0 Å². The van der Waals surface area contributed by atoms with Crippen molar-refractivity contribution in [2.45, 2.75) is 12.8 Å². The fraction of sp³-hybridized carbons (Fsp3) is 0.267. The average Bonchev–Trinajstić information content (AvgIpc) is 2.69. The molecule has 0 aliphatic carbocycles. The third-order valence-corrected chi connectivity index (χ3v) is 3.73. The Labute approximate surface area is 118 Å². The number of halogens is 1. The third kappa shape index (κ3) is 2.72. The van der Waals surface area contributed by atoms with Crippen LogP contribution in [0.25, 0.3) is 0 Å². The van der Waals surface area contributed by atoms with Crippen molar-refractivity contribution >= 4 is 23.0 Å². The number of nitrogens with zero attached hydrogens (tertiary/aromatic N) is 1. The van der Waals surface area contributed by atoms with Crippen LogP contribution >= 0.6 is 11.6 Å². The molecular formula is C15H16ClN3. The van der Waals surface area contributed by atoms with Gasteiger partial charge >= 0.3 is 0 Å². The standard InChI is InChI=1S/C15H16ClN3/c16-14-4-3-11-5-8-17-9-6-13(11)15(14)19-12-2-1-7-18-10-12/h1-4,7,10,17,19H,5-6,8-9H2. The number of anilines is 2. The van der Waals surface area contributed by atoms with E-state index < -0.39 is 0 Å². The molecule has 1 aromatic carbocycles. The predicted molar refractivity (Wildman–Crippen MR) is 79.2 cm³/mol. The van der Waals surface area contributed by atoms with E-state index in [1.807, 2.05) is 24.4 Å². The van der Waals surface area contributed by atoms with Gasteiger partial charge in [0.15, 0.2) is 0 Å². The number of pyridine rings is 1. The van der Waals surface area contributed by atoms with Gasteiger partial charge in [-0.1, -0.05) is 17.7 Å². The van der Waals surface area contributed by atoms with E-state index in [1.54, 1.807) is 6.20 Å². The van der Waals surface area contributed by atoms with Crippen LogP contribution < -0.4 is 10.6 Å². The highest BCUT2D eigenvalue weighted by molar-refractivity contribution is 6.33. The lowest BCUT2D eigenvalue weighted by molar-refractivity contribution is 0.711. The molecule has 1 aromatic heterocycles. The Morgan fingerprint density at radius 1 is 1.16 bits per heavy atom. The van der Waals surface area contributed by atoms with E-state index in [1.165, 1.54) is 11.1 Å². The molecule has 0 unspecified atom stereocenters. The second kappa shape index (κ2) is 5.59. The molecule has 0 spiro atoms. The van der Waals surface area contributed by atoms with Crippen LogP contribution in [0.3, 0.4) is 0 Å². The Bertz CT molecular complexity index is 569. The summed E-state index contributed by atoms with van der Waals surface area (Å²) in [6.07, 6.45) is 5.62. The van der Waals surface area contributed by atoms with Gasteiger partial charge in [-0.05, 0) is 55.3 Å². The lowest BCUT2D eigenvalue weighted by atomic mass is 10.0. The van der Waals surface area contributed by atoms with Gasteiger partial charge in [0.2, 0.25) is 0 Å². The van der Waals surface area contributed by atoms with Crippen LogP contribution in [-0.4, -0.2) is 18.1 Å². The Morgan fingerprint density at radius 2 is 2.05 bits per heavy atom. The van der Waals surface area contributed by atoms with Crippen LogP contribution in [0.15, 0.2) is 36.7 Å². The fourth-order valence-corrected chi connectivity index (χ4v) is 2.68. The molecular weight excluding hydrogens is 258 g/mol. The topological polar surface area (TPSA) is 37.0 Å². The maximum atomic E-state index is 6.36. The molecule has 2 N–H and O–H groups in total. The van der Waals surface area contributed by atoms with E-state index in [-0.39, 0.29) is 0 Å². The molecule has 0 fully saturated rings. The summed E-state index contributed by atoms with van der Waals surface area (Å²) in [5, 5.41) is 7.60. The predicted octanol–water partition coefficient (Wildman–Crippen LogP) is 3.17. The maximum absolute atomic E-state index is 6.36. The quantitative estimate of drug-likeness (QED) is 0.883. The monoisotopic (exact) mass is 273 g/mol. The first-order chi connectivity index (χ1) is 9.34. The van der Waals surface area contributed by atoms with Crippen molar-refractivity contribution in [3.05, 3.63) is 52.8 Å². The maximum Gasteiger partial charge on any atom is 0.0644 e. The summed E-state index contributed by atoms with van der Waals surface area (Å²) in [7, 11) is 0. The van der Waals surface area contributed by atoms with Gasteiger partial charge in [-0.3, -0.25) is 4.98 Å². The molecule has 0 radical (unpaired) electrons. The van der Waals surface area contributed by atoms with Crippen molar-refractivity contribution in [2.75, 3.05) is 18.4 Å². The molecule has 2 heterocycles. The summed E-state index contributed by atoms with van der Waals surface area (Å²) in [4.78, 5) is 4.12. The first kappa shape index (κ1) is 12.5. The Balaban J connectivity index is 2.00. The molecule has 98 valence electrons. The average molecular weight is 274 g/mol. The second-order valence-electron chi connectivity index (χ2n) is 4.68. The van der Waals surface area contributed by atoms with E-state index in [9.17, 15) is 0 Å². The van der Waals surface area contributed by atoms with Crippen molar-refractivity contribution in [2.24, 2.45) is 0 Å². The lowest BCUT2D eigenvalue weighted by Gasteiger charge is -2.16. The minimum absolute atomic E-state index is 0.768. The first-order valence-electron chi connectivity index (χ1n) is 6.52. The Hall–Kier alpha value is -1.58. The van der Waals surface area contributed by atoms with Crippen LogP contribution in [0.4, 0.5) is 11.4 Å². The normalized spacial score (nSPS) is 14.6. The van der Waals surface area contributed by atoms with Crippen LogP contribution in [0.1, 0.15) is 11.1 Å². The highest BCUT2D eigenvalue weighted by Gasteiger charge is 2.14. The van der Waals surface area contributed by atoms with Crippen molar-refractivity contribution in [1.29, 1.82) is 0 Å². The summed E-state index contributed by atoms with van der Waals surface area (Å²) >= 11 is 6.36. The van der Waals surface area contributed by atoms with Crippen LogP contribution in [0.2, 0.25) is 5.02 Å². The van der Waals surface area contributed by atoms with Gasteiger partial charge < -0.3 is 10.6 Å². The molecule has 3 nitrogen and oxygen atoms in total. The number of hydrogen-bond acceptors (Lipinski definition) is 3. The smallest absolute Gasteiger partial charge is 0.0644 e. The highest BCUT2D eigenvalue weighted by Crippen LogP contribution is 2.32. The molecule has 0 saturated carbocycles. The van der Waals surface area contributed by atoms with Gasteiger partial charge in [0.05, 0.1) is 22.6 Å². The molecule has 1 aliphatic heterocycles. The van der Waals surface area contributed by atoms with Crippen molar-refractivity contribution in [1.82, 2.24) is 10.3 Å². The molecule has 4 heteroatoms. The molecule has 3 rings (SSSR count). The molecule has 1 aliphatic rings. The fourth-order valence-electron chi connectivity index (χ4n) is 2.46. The Kier molecular flexibility index (Phi) is 3.67. The molecule has 0 atom stereocenters. The summed E-state index contributed by atoms with van der Waals surface area (Å²) in [6.45, 7) is 2.02. The lowest BCUT2D eigenvalue weighted by Crippen LogP contribution is -2.16. The third-order valence-electron chi connectivity index (χ3n) is 3.41. The summed E-state index contributed by atoms with van der Waals surface area (Å²) in [6, 6.07) is 8.03. The number of rotatable bonds is 2. The molecule has 0 amide bonds. The molecule has 0 bridgehead atoms. The van der Waals surface area contributed by atoms with Gasteiger partial charge in [-0.15, -0.1) is 0 Å². The van der Waals surface area contributed by atoms with E-state index in [0.29, 0.717) is 0 Å². The number of fused-ring (bicyclic) bond motifs is 1. The molecule has 0 saturated heterocycles. The van der Waals surface area contributed by atoms with Gasteiger partial charge in [0.1, 0.15) is 0 Å². The molecule has 19 heavy (non-hydrogen) atoms. The summed E-state index contributed by atoms with van der Waals surface area (Å²) < 4.78 is 0. The SMILES string of the molecule is Clc1ccc2c(c1Nc1cccnc1)CCNCC2. The molecule has 2 aromatic rings. The summed E-state index contributed by atoms with van der Waals surface area (Å²) in [5.74, 6) is 0. The van der Waals surface area contributed by atoms with E-state index in [4.69, 9.17) is 11.6 Å². The zero-order valence-corrected chi connectivity index (χ0v) is 11.4. The number of hydrogen-bond donors (Lipinski definition) is 2.